The summed E-state index contributed by atoms with van der Waals surface area (Å²) in [5.41, 5.74) is -5.45. The number of hydrogen-bond donors (Lipinski definition) is 0. The van der Waals surface area contributed by atoms with E-state index in [1.54, 1.807) is 0 Å². The minimum Gasteiger partial charge on any atom is -0.456 e. The second-order valence-electron chi connectivity index (χ2n) is 9.26. The van der Waals surface area contributed by atoms with E-state index in [0.717, 1.165) is 0 Å². The zero-order valence-electron chi connectivity index (χ0n) is 47.4. The Morgan fingerprint density at radius 1 is 0.349 bits per heavy atom. The summed E-state index contributed by atoms with van der Waals surface area (Å²) in [7, 11) is 0. The first-order chi connectivity index (χ1) is 32.2. The van der Waals surface area contributed by atoms with E-state index in [1.165, 1.54) is 0 Å². The van der Waals surface area contributed by atoms with Crippen LogP contribution in [0.3, 0.4) is 0 Å². The van der Waals surface area contributed by atoms with Crippen LogP contribution in [0.1, 0.15) is 35.6 Å². The van der Waals surface area contributed by atoms with E-state index in [2.05, 4.69) is 0 Å². The Bertz CT molecular complexity index is 3850. The average Bonchev–Trinajstić information content (AvgIpc) is 3.72. The normalized spacial score (nSPS) is 20.2. The Hall–Kier alpha value is -5.66. The maximum atomic E-state index is 9.57. The third-order valence-corrected chi connectivity index (χ3v) is 7.01. The molecule has 0 atom stereocenters. The van der Waals surface area contributed by atoms with Crippen molar-refractivity contribution < 1.29 is 40.1 Å². The molecule has 0 amide bonds. The number of benzene rings is 8. The minimum absolute atomic E-state index is 0.422. The summed E-state index contributed by atoms with van der Waals surface area (Å²) < 4.78 is 238. The second-order valence-corrected chi connectivity index (χ2v) is 9.26. The summed E-state index contributed by atoms with van der Waals surface area (Å²) >= 11 is 0. The largest absolute Gasteiger partial charge is 0.456 e. The highest BCUT2D eigenvalue weighted by molar-refractivity contribution is 6.23. The lowest BCUT2D eigenvalue weighted by molar-refractivity contribution is 0.669. The van der Waals surface area contributed by atoms with Crippen LogP contribution in [0.4, 0.5) is 0 Å². The van der Waals surface area contributed by atoms with Crippen molar-refractivity contribution in [3.05, 3.63) is 157 Å². The fraction of sp³-hybridized carbons (Fsp3) is 0. The van der Waals surface area contributed by atoms with Gasteiger partial charge in [0, 0.05) is 10.8 Å². The molecule has 0 radical (unpaired) electrons. The monoisotopic (exact) mass is 572 g/mol. The van der Waals surface area contributed by atoms with Gasteiger partial charge in [-0.2, -0.15) is 0 Å². The van der Waals surface area contributed by atoms with Crippen molar-refractivity contribution in [2.75, 3.05) is 0 Å². The van der Waals surface area contributed by atoms with Crippen molar-refractivity contribution >= 4 is 54.3 Å². The predicted octanol–water partition coefficient (Wildman–Crippen LogP) is 12.0. The summed E-state index contributed by atoms with van der Waals surface area (Å²) in [4.78, 5) is 0. The molecule has 8 aromatic carbocycles. The van der Waals surface area contributed by atoms with Crippen LogP contribution >= 0.6 is 0 Å². The number of rotatable bonds is 3. The summed E-state index contributed by atoms with van der Waals surface area (Å²) in [5, 5.41) is -5.00. The molecule has 1 heteroatoms. The van der Waals surface area contributed by atoms with Crippen LogP contribution in [0.2, 0.25) is 0 Å². The van der Waals surface area contributed by atoms with E-state index in [0.29, 0.717) is 0 Å². The lowest BCUT2D eigenvalue weighted by Gasteiger charge is -2.19. The molecule has 0 aliphatic carbocycles. The van der Waals surface area contributed by atoms with Crippen molar-refractivity contribution in [1.82, 2.24) is 0 Å². The van der Waals surface area contributed by atoms with Gasteiger partial charge in [0.25, 0.3) is 0 Å². The molecule has 0 aliphatic rings. The van der Waals surface area contributed by atoms with E-state index >= 15 is 0 Å². The molecule has 1 heterocycles. The van der Waals surface area contributed by atoms with Crippen LogP contribution < -0.4 is 0 Å². The molecule has 0 bridgehead atoms. The topological polar surface area (TPSA) is 13.1 Å². The lowest BCUT2D eigenvalue weighted by Crippen LogP contribution is -1.91. The van der Waals surface area contributed by atoms with Crippen molar-refractivity contribution in [1.29, 1.82) is 0 Å². The summed E-state index contributed by atoms with van der Waals surface area (Å²) in [6.07, 6.45) is 0. The van der Waals surface area contributed by atoms with E-state index in [-0.39, 0.29) is 0 Å². The Morgan fingerprint density at radius 2 is 0.837 bits per heavy atom. The fourth-order valence-electron chi connectivity index (χ4n) is 5.23. The zero-order chi connectivity index (χ0) is 51.0. The van der Waals surface area contributed by atoms with Gasteiger partial charge >= 0.3 is 0 Å². The molecule has 0 N–H and O–H groups in total. The van der Waals surface area contributed by atoms with Gasteiger partial charge in [-0.25, -0.2) is 0 Å². The fourth-order valence-corrected chi connectivity index (χ4v) is 5.23. The third kappa shape index (κ3) is 3.65. The molecule has 0 saturated carbocycles. The molecule has 0 aliphatic heterocycles. The van der Waals surface area contributed by atoms with E-state index in [4.69, 9.17) is 27.7 Å². The molecule has 43 heavy (non-hydrogen) atoms. The second kappa shape index (κ2) is 9.44. The molecule has 1 aromatic heterocycles. The first-order valence-electron chi connectivity index (χ1n) is 25.7. The lowest BCUT2D eigenvalue weighted by atomic mass is 9.84. The molecule has 0 fully saturated rings. The number of furan rings is 1. The molecule has 0 unspecified atom stereocenters. The summed E-state index contributed by atoms with van der Waals surface area (Å²) in [6.45, 7) is 0. The molecular weight excluding hydrogens is 520 g/mol. The molecule has 9 rings (SSSR count). The smallest absolute Gasteiger partial charge is 0.136 e. The van der Waals surface area contributed by atoms with E-state index < -0.39 is 245 Å². The highest BCUT2D eigenvalue weighted by Gasteiger charge is 2.18. The van der Waals surface area contributed by atoms with Crippen molar-refractivity contribution in [2.24, 2.45) is 0 Å². The van der Waals surface area contributed by atoms with Gasteiger partial charge in [-0.1, -0.05) is 145 Å². The Kier molecular flexibility index (Phi) is 2.13. The molecule has 0 saturated heterocycles. The van der Waals surface area contributed by atoms with Gasteiger partial charge in [-0.3, -0.25) is 0 Å². The predicted molar refractivity (Wildman–Crippen MR) is 183 cm³/mol. The van der Waals surface area contributed by atoms with Crippen LogP contribution in [-0.4, -0.2) is 0 Å². The molecule has 200 valence electrons. The van der Waals surface area contributed by atoms with Crippen molar-refractivity contribution in [2.45, 2.75) is 0 Å². The van der Waals surface area contributed by atoms with Crippen molar-refractivity contribution in [3.8, 4) is 33.4 Å². The maximum absolute atomic E-state index is 9.57. The number of hydrogen-bond acceptors (Lipinski definition) is 1. The quantitative estimate of drug-likeness (QED) is 0.192. The molecule has 1 nitrogen and oxygen atoms in total. The van der Waals surface area contributed by atoms with Crippen LogP contribution in [0.25, 0.3) is 87.6 Å². The Morgan fingerprint density at radius 3 is 1.56 bits per heavy atom. The number of para-hydroxylation sites is 1. The standard InChI is InChI=1S/C42H26O/c1-2-13-30-27(11-1)12-9-20-32(30)41-35-16-5-3-14-33(35)40(34-15-4-6-17-36(34)41)29-25-23-28(24-26-29)31-19-10-22-39-42(31)37-18-7-8-21-38(37)43-39/h1-26H/i1D,2D,3D,4D,5D,6D,7D,8D,9D,10D,11D,12D,13D,14D,15D,16D,17D,18D,19D,20D,21D,22D,23D,24D,25D,26D. The van der Waals surface area contributed by atoms with Crippen LogP contribution in [-0.2, 0) is 0 Å². The van der Waals surface area contributed by atoms with Gasteiger partial charge in [0.1, 0.15) is 11.2 Å². The van der Waals surface area contributed by atoms with E-state index in [1.807, 2.05) is 0 Å². The molecule has 0 spiro atoms. The molecule has 9 aromatic rings. The van der Waals surface area contributed by atoms with Gasteiger partial charge in [0.05, 0.1) is 35.6 Å². The Balaban J connectivity index is 1.58. The summed E-state index contributed by atoms with van der Waals surface area (Å²) in [6, 6.07) is -23.7. The van der Waals surface area contributed by atoms with Gasteiger partial charge in [-0.15, -0.1) is 0 Å². The first-order valence-corrected chi connectivity index (χ1v) is 12.7. The highest BCUT2D eigenvalue weighted by atomic mass is 16.3. The van der Waals surface area contributed by atoms with E-state index in [9.17, 15) is 12.3 Å². The van der Waals surface area contributed by atoms with Gasteiger partial charge in [-0.05, 0) is 77.8 Å². The minimum atomic E-state index is -1.07. The van der Waals surface area contributed by atoms with Crippen molar-refractivity contribution in [3.63, 3.8) is 0 Å². The van der Waals surface area contributed by atoms with Gasteiger partial charge < -0.3 is 4.42 Å². The maximum Gasteiger partial charge on any atom is 0.136 e. The molecular formula is C42H26O. The highest BCUT2D eigenvalue weighted by Crippen LogP contribution is 2.45. The first kappa shape index (κ1) is 9.69. The number of fused-ring (bicyclic) bond motifs is 6. The average molecular weight is 573 g/mol. The Labute approximate surface area is 285 Å². The SMILES string of the molecule is [2H]c1c([2H])c(-c2c([2H])c([2H])c([2H])c3oc4c([2H])c([2H])c([2H])c([2H])c4c23)c([2H])c([2H])c1-c1c2c([2H])c([2H])c([2H])c([2H])c2c(-c2c([2H])c([2H])c([2H])c3c([2H])c([2H])c([2H])c([2H])c23)c2c([2H])c([2H])c([2H])c([2H])c12. The zero-order valence-corrected chi connectivity index (χ0v) is 21.4. The van der Waals surface area contributed by atoms with Crippen LogP contribution in [0.15, 0.2) is 162 Å². The van der Waals surface area contributed by atoms with Gasteiger partial charge in [0.15, 0.2) is 0 Å². The van der Waals surface area contributed by atoms with Crippen LogP contribution in [0.5, 0.6) is 0 Å². The summed E-state index contributed by atoms with van der Waals surface area (Å²) in [5.74, 6) is 0. The van der Waals surface area contributed by atoms with Crippen LogP contribution in [0, 0.1) is 0 Å². The third-order valence-electron chi connectivity index (χ3n) is 7.01. The van der Waals surface area contributed by atoms with Gasteiger partial charge in [0.2, 0.25) is 0 Å².